The monoisotopic (exact) mass is 631 g/mol. The van der Waals surface area contributed by atoms with Crippen LogP contribution in [0.2, 0.25) is 0 Å². The first-order chi connectivity index (χ1) is 22.9. The number of para-hydroxylation sites is 1. The Balaban J connectivity index is 0.983. The van der Waals surface area contributed by atoms with E-state index in [1.165, 1.54) is 18.3 Å². The Kier molecular flexibility index (Phi) is 9.57. The fourth-order valence-electron chi connectivity index (χ4n) is 5.46. The van der Waals surface area contributed by atoms with Crippen LogP contribution in [0, 0.1) is 0 Å². The molecule has 238 valence electrons. The van der Waals surface area contributed by atoms with Crippen molar-refractivity contribution in [1.82, 2.24) is 10.3 Å². The number of alkyl carbamates (subject to hydrolysis) is 1. The Morgan fingerprint density at radius 3 is 2.21 bits per heavy atom. The molecule has 0 unspecified atom stereocenters. The Morgan fingerprint density at radius 1 is 0.787 bits per heavy atom. The standard InChI is InChI=1S/C37H33N3O7/c41-35(40-33-9-5-4-8-32(33)36(42)43)27-12-19-34(38-22-27)47-31-16-11-25-20-30(15-10-26(25)21-31)46-29-17-13-28(14-18-29)39-37(44)45-23-24-6-2-1-3-7-24/h1-12,15-16,19-22,28-29H,13-14,17-18,23H2,(H,39,44)(H,40,41)(H,42,43). The fourth-order valence-corrected chi connectivity index (χ4v) is 5.46. The quantitative estimate of drug-likeness (QED) is 0.143. The first kappa shape index (κ1) is 31.1. The highest BCUT2D eigenvalue weighted by Gasteiger charge is 2.24. The maximum absolute atomic E-state index is 12.7. The minimum Gasteiger partial charge on any atom is -0.490 e. The smallest absolute Gasteiger partial charge is 0.407 e. The van der Waals surface area contributed by atoms with Crippen LogP contribution >= 0.6 is 0 Å². The highest BCUT2D eigenvalue weighted by atomic mass is 16.5. The molecule has 1 saturated carbocycles. The Morgan fingerprint density at radius 2 is 1.49 bits per heavy atom. The summed E-state index contributed by atoms with van der Waals surface area (Å²) in [7, 11) is 0. The number of benzene rings is 4. The number of ether oxygens (including phenoxy) is 3. The van der Waals surface area contributed by atoms with E-state index in [1.807, 2.05) is 66.7 Å². The average molecular weight is 632 g/mol. The zero-order chi connectivity index (χ0) is 32.6. The van der Waals surface area contributed by atoms with Crippen molar-refractivity contribution in [3.8, 4) is 17.4 Å². The number of rotatable bonds is 10. The van der Waals surface area contributed by atoms with Crippen LogP contribution in [0.15, 0.2) is 109 Å². The molecule has 2 amide bonds. The number of amides is 2. The Hall–Kier alpha value is -5.90. The van der Waals surface area contributed by atoms with Gasteiger partial charge in [0.1, 0.15) is 18.1 Å². The van der Waals surface area contributed by atoms with Crippen molar-refractivity contribution >= 4 is 34.4 Å². The number of nitrogens with zero attached hydrogens (tertiary/aromatic N) is 1. The van der Waals surface area contributed by atoms with Crippen LogP contribution in [-0.2, 0) is 11.3 Å². The minimum atomic E-state index is -1.13. The van der Waals surface area contributed by atoms with Gasteiger partial charge < -0.3 is 30.0 Å². The molecule has 1 aliphatic carbocycles. The third-order valence-electron chi connectivity index (χ3n) is 7.92. The second kappa shape index (κ2) is 14.5. The molecule has 4 aromatic carbocycles. The van der Waals surface area contributed by atoms with Gasteiger partial charge in [0.15, 0.2) is 0 Å². The molecule has 10 nitrogen and oxygen atoms in total. The van der Waals surface area contributed by atoms with Crippen molar-refractivity contribution in [2.45, 2.75) is 44.4 Å². The molecule has 5 aromatic rings. The number of aromatic carboxylic acids is 1. The average Bonchev–Trinajstić information content (AvgIpc) is 3.09. The topological polar surface area (TPSA) is 136 Å². The Labute approximate surface area is 271 Å². The van der Waals surface area contributed by atoms with Gasteiger partial charge in [-0.15, -0.1) is 0 Å². The van der Waals surface area contributed by atoms with E-state index in [1.54, 1.807) is 24.3 Å². The molecular weight excluding hydrogens is 598 g/mol. The second-order valence-electron chi connectivity index (χ2n) is 11.3. The normalized spacial score (nSPS) is 15.7. The lowest BCUT2D eigenvalue weighted by Gasteiger charge is -2.29. The van der Waals surface area contributed by atoms with Gasteiger partial charge in [-0.25, -0.2) is 14.6 Å². The molecule has 0 atom stereocenters. The summed E-state index contributed by atoms with van der Waals surface area (Å²) in [5.41, 5.74) is 1.41. The molecule has 0 bridgehead atoms. The van der Waals surface area contributed by atoms with Crippen LogP contribution in [0.25, 0.3) is 10.8 Å². The maximum atomic E-state index is 12.7. The van der Waals surface area contributed by atoms with Gasteiger partial charge >= 0.3 is 12.1 Å². The zero-order valence-electron chi connectivity index (χ0n) is 25.4. The number of anilines is 1. The van der Waals surface area contributed by atoms with E-state index in [0.717, 1.165) is 47.8 Å². The van der Waals surface area contributed by atoms with E-state index < -0.39 is 18.0 Å². The van der Waals surface area contributed by atoms with Gasteiger partial charge in [0, 0.05) is 18.3 Å². The summed E-state index contributed by atoms with van der Waals surface area (Å²) in [5.74, 6) is 0.0617. The van der Waals surface area contributed by atoms with Crippen molar-refractivity contribution < 1.29 is 33.7 Å². The van der Waals surface area contributed by atoms with Gasteiger partial charge in [-0.05, 0) is 84.5 Å². The molecule has 1 aliphatic rings. The summed E-state index contributed by atoms with van der Waals surface area (Å²) in [4.78, 5) is 40.5. The number of carbonyl (C=O) groups excluding carboxylic acids is 2. The lowest BCUT2D eigenvalue weighted by atomic mass is 9.93. The molecule has 0 aliphatic heterocycles. The molecule has 1 aromatic heterocycles. The number of fused-ring (bicyclic) bond motifs is 1. The van der Waals surface area contributed by atoms with Crippen LogP contribution in [0.3, 0.4) is 0 Å². The third-order valence-corrected chi connectivity index (χ3v) is 7.92. The van der Waals surface area contributed by atoms with Gasteiger partial charge in [-0.1, -0.05) is 54.6 Å². The first-order valence-electron chi connectivity index (χ1n) is 15.3. The molecule has 3 N–H and O–H groups in total. The lowest BCUT2D eigenvalue weighted by Crippen LogP contribution is -2.39. The summed E-state index contributed by atoms with van der Waals surface area (Å²) < 4.78 is 17.6. The highest BCUT2D eigenvalue weighted by Crippen LogP contribution is 2.30. The molecule has 0 spiro atoms. The number of hydrogen-bond donors (Lipinski definition) is 3. The van der Waals surface area contributed by atoms with E-state index >= 15 is 0 Å². The zero-order valence-corrected chi connectivity index (χ0v) is 25.4. The summed E-state index contributed by atoms with van der Waals surface area (Å²) in [5, 5.41) is 16.9. The van der Waals surface area contributed by atoms with Crippen molar-refractivity contribution in [2.24, 2.45) is 0 Å². The molecule has 6 rings (SSSR count). The van der Waals surface area contributed by atoms with Crippen LogP contribution in [0.1, 0.15) is 52.0 Å². The van der Waals surface area contributed by atoms with Crippen LogP contribution in [0.4, 0.5) is 10.5 Å². The van der Waals surface area contributed by atoms with Gasteiger partial charge in [0.2, 0.25) is 5.88 Å². The summed E-state index contributed by atoms with van der Waals surface area (Å²) in [6, 6.07) is 30.6. The number of carboxylic acids is 1. The number of hydrogen-bond acceptors (Lipinski definition) is 7. The van der Waals surface area contributed by atoms with Gasteiger partial charge in [-0.2, -0.15) is 0 Å². The van der Waals surface area contributed by atoms with Crippen LogP contribution in [0.5, 0.6) is 17.4 Å². The minimum absolute atomic E-state index is 0.000634. The molecule has 0 saturated heterocycles. The molecule has 47 heavy (non-hydrogen) atoms. The summed E-state index contributed by atoms with van der Waals surface area (Å²) in [6.45, 7) is 0.250. The van der Waals surface area contributed by atoms with Gasteiger partial charge in [-0.3, -0.25) is 4.79 Å². The number of pyridine rings is 1. The molecular formula is C37H33N3O7. The van der Waals surface area contributed by atoms with E-state index in [-0.39, 0.29) is 35.6 Å². The van der Waals surface area contributed by atoms with E-state index in [0.29, 0.717) is 11.6 Å². The maximum Gasteiger partial charge on any atom is 0.407 e. The lowest BCUT2D eigenvalue weighted by molar-refractivity contribution is 0.0698. The number of aromatic nitrogens is 1. The van der Waals surface area contributed by atoms with E-state index in [4.69, 9.17) is 14.2 Å². The largest absolute Gasteiger partial charge is 0.490 e. The van der Waals surface area contributed by atoms with Crippen molar-refractivity contribution in [3.63, 3.8) is 0 Å². The van der Waals surface area contributed by atoms with Gasteiger partial charge in [0.05, 0.1) is 22.9 Å². The van der Waals surface area contributed by atoms with Crippen LogP contribution in [-0.4, -0.2) is 40.2 Å². The summed E-state index contributed by atoms with van der Waals surface area (Å²) in [6.07, 6.45) is 4.34. The van der Waals surface area contributed by atoms with Crippen LogP contribution < -0.4 is 20.1 Å². The Bertz CT molecular complexity index is 1870. The highest BCUT2D eigenvalue weighted by molar-refractivity contribution is 6.07. The molecule has 1 fully saturated rings. The second-order valence-corrected chi connectivity index (χ2v) is 11.3. The summed E-state index contributed by atoms with van der Waals surface area (Å²) >= 11 is 0. The van der Waals surface area contributed by atoms with Crippen molar-refractivity contribution in [2.75, 3.05) is 5.32 Å². The SMILES string of the molecule is O=C(NC1CCC(Oc2ccc3cc(Oc4ccc(C(=O)Nc5ccccc5C(=O)O)cn4)ccc3c2)CC1)OCc1ccccc1. The number of carboxylic acid groups (broad SMARTS) is 1. The molecule has 1 heterocycles. The van der Waals surface area contributed by atoms with Crippen molar-refractivity contribution in [1.29, 1.82) is 0 Å². The van der Waals surface area contributed by atoms with E-state index in [9.17, 15) is 19.5 Å². The van der Waals surface area contributed by atoms with Gasteiger partial charge in [0.25, 0.3) is 5.91 Å². The number of carbonyl (C=O) groups is 3. The molecule has 10 heteroatoms. The first-order valence-corrected chi connectivity index (χ1v) is 15.3. The number of nitrogens with one attached hydrogen (secondary N) is 2. The van der Waals surface area contributed by atoms with E-state index in [2.05, 4.69) is 15.6 Å². The fraction of sp³-hybridized carbons (Fsp3) is 0.189. The predicted molar refractivity (Wildman–Crippen MR) is 176 cm³/mol. The van der Waals surface area contributed by atoms with Crippen molar-refractivity contribution in [3.05, 3.63) is 126 Å². The predicted octanol–water partition coefficient (Wildman–Crippen LogP) is 7.59. The molecule has 0 radical (unpaired) electrons. The third kappa shape index (κ3) is 8.23.